The first kappa shape index (κ1) is 25.5. The highest BCUT2D eigenvalue weighted by Gasteiger charge is 2.12. The van der Waals surface area contributed by atoms with Crippen molar-refractivity contribution < 1.29 is 19.1 Å². The molecule has 4 rings (SSSR count). The molecule has 8 nitrogen and oxygen atoms in total. The maximum Gasteiger partial charge on any atom is 0.275 e. The molecule has 2 amide bonds. The lowest BCUT2D eigenvalue weighted by Gasteiger charge is -2.10. The minimum absolute atomic E-state index is 0.131. The molecule has 190 valence electrons. The highest BCUT2D eigenvalue weighted by Crippen LogP contribution is 2.27. The van der Waals surface area contributed by atoms with Gasteiger partial charge in [-0.25, -0.2) is 4.98 Å². The zero-order valence-electron chi connectivity index (χ0n) is 21.4. The van der Waals surface area contributed by atoms with E-state index in [-0.39, 0.29) is 18.2 Å². The van der Waals surface area contributed by atoms with Crippen molar-refractivity contribution in [3.63, 3.8) is 0 Å². The summed E-state index contributed by atoms with van der Waals surface area (Å²) in [4.78, 5) is 29.4. The van der Waals surface area contributed by atoms with Crippen molar-refractivity contribution in [2.45, 2.75) is 26.8 Å². The third-order valence-corrected chi connectivity index (χ3v) is 5.91. The molecule has 0 atom stereocenters. The third kappa shape index (κ3) is 6.55. The monoisotopic (exact) mass is 498 g/mol. The number of hydrogen-bond donors (Lipinski definition) is 2. The Labute approximate surface area is 216 Å². The normalized spacial score (nSPS) is 10.6. The van der Waals surface area contributed by atoms with E-state index < -0.39 is 0 Å². The molecule has 2 N–H and O–H groups in total. The predicted octanol–water partition coefficient (Wildman–Crippen LogP) is 5.00. The summed E-state index contributed by atoms with van der Waals surface area (Å²) < 4.78 is 12.4. The van der Waals surface area contributed by atoms with Gasteiger partial charge in [-0.2, -0.15) is 0 Å². The van der Waals surface area contributed by atoms with E-state index in [2.05, 4.69) is 15.6 Å². The Morgan fingerprint density at radius 3 is 2.30 bits per heavy atom. The lowest BCUT2D eigenvalue weighted by molar-refractivity contribution is -0.115. The fourth-order valence-electron chi connectivity index (χ4n) is 3.99. The van der Waals surface area contributed by atoms with Gasteiger partial charge < -0.3 is 24.7 Å². The minimum atomic E-state index is -0.252. The first-order valence-electron chi connectivity index (χ1n) is 11.8. The fraction of sp³-hybridized carbons (Fsp3) is 0.207. The summed E-state index contributed by atoms with van der Waals surface area (Å²) in [6.45, 7) is 4.52. The Morgan fingerprint density at radius 2 is 1.59 bits per heavy atom. The van der Waals surface area contributed by atoms with Crippen LogP contribution in [-0.2, 0) is 17.8 Å². The number of carbonyl (C=O) groups is 2. The van der Waals surface area contributed by atoms with Crippen molar-refractivity contribution in [1.82, 2.24) is 9.55 Å². The maximum absolute atomic E-state index is 12.6. The molecule has 1 heterocycles. The van der Waals surface area contributed by atoms with E-state index in [4.69, 9.17) is 9.47 Å². The molecule has 8 heteroatoms. The van der Waals surface area contributed by atoms with Gasteiger partial charge in [0, 0.05) is 24.1 Å². The van der Waals surface area contributed by atoms with Gasteiger partial charge in [0.1, 0.15) is 5.69 Å². The Kier molecular flexibility index (Phi) is 7.88. The van der Waals surface area contributed by atoms with Crippen LogP contribution in [0.25, 0.3) is 0 Å². The van der Waals surface area contributed by atoms with E-state index in [0.29, 0.717) is 29.4 Å². The zero-order chi connectivity index (χ0) is 26.4. The molecular formula is C29H30N4O4. The van der Waals surface area contributed by atoms with Crippen molar-refractivity contribution >= 4 is 23.2 Å². The molecule has 3 aromatic carbocycles. The van der Waals surface area contributed by atoms with Crippen molar-refractivity contribution in [1.29, 1.82) is 0 Å². The van der Waals surface area contributed by atoms with E-state index in [9.17, 15) is 9.59 Å². The predicted molar refractivity (Wildman–Crippen MR) is 144 cm³/mol. The van der Waals surface area contributed by atoms with Crippen LogP contribution in [0.1, 0.15) is 32.7 Å². The number of benzene rings is 3. The summed E-state index contributed by atoms with van der Waals surface area (Å²) in [5.41, 5.74) is 5.80. The lowest BCUT2D eigenvalue weighted by Crippen LogP contribution is -2.14. The highest BCUT2D eigenvalue weighted by molar-refractivity contribution is 6.03. The van der Waals surface area contributed by atoms with Gasteiger partial charge in [0.05, 0.1) is 27.0 Å². The van der Waals surface area contributed by atoms with Gasteiger partial charge in [0.25, 0.3) is 5.91 Å². The van der Waals surface area contributed by atoms with Crippen molar-refractivity contribution in [3.8, 4) is 11.5 Å². The Morgan fingerprint density at radius 1 is 0.865 bits per heavy atom. The second-order valence-electron chi connectivity index (χ2n) is 8.81. The Bertz CT molecular complexity index is 1410. The number of amides is 2. The summed E-state index contributed by atoms with van der Waals surface area (Å²) in [5, 5.41) is 5.83. The van der Waals surface area contributed by atoms with Crippen LogP contribution < -0.4 is 20.1 Å². The molecule has 0 spiro atoms. The van der Waals surface area contributed by atoms with Crippen molar-refractivity contribution in [2.75, 3.05) is 24.9 Å². The van der Waals surface area contributed by atoms with Gasteiger partial charge in [-0.1, -0.05) is 35.9 Å². The van der Waals surface area contributed by atoms with Crippen LogP contribution in [0, 0.1) is 13.8 Å². The zero-order valence-corrected chi connectivity index (χ0v) is 21.4. The summed E-state index contributed by atoms with van der Waals surface area (Å²) in [6, 6.07) is 18.9. The van der Waals surface area contributed by atoms with Gasteiger partial charge in [0.2, 0.25) is 5.91 Å². The number of imidazole rings is 1. The minimum Gasteiger partial charge on any atom is -0.493 e. The molecule has 4 aromatic rings. The van der Waals surface area contributed by atoms with Gasteiger partial charge in [-0.05, 0) is 60.9 Å². The number of aromatic nitrogens is 2. The molecule has 1 aromatic heterocycles. The van der Waals surface area contributed by atoms with Gasteiger partial charge in [-0.15, -0.1) is 0 Å². The van der Waals surface area contributed by atoms with E-state index in [1.165, 1.54) is 0 Å². The van der Waals surface area contributed by atoms with Crippen LogP contribution in [0.5, 0.6) is 11.5 Å². The van der Waals surface area contributed by atoms with Crippen molar-refractivity contribution in [2.24, 2.45) is 0 Å². The number of carbonyl (C=O) groups excluding carboxylic acids is 2. The van der Waals surface area contributed by atoms with E-state index in [1.807, 2.05) is 66.9 Å². The number of nitrogens with one attached hydrogen (secondary N) is 2. The third-order valence-electron chi connectivity index (χ3n) is 5.91. The first-order chi connectivity index (χ1) is 17.8. The van der Waals surface area contributed by atoms with E-state index in [1.54, 1.807) is 38.9 Å². The Balaban J connectivity index is 1.32. The van der Waals surface area contributed by atoms with E-state index >= 15 is 0 Å². The van der Waals surface area contributed by atoms with Crippen LogP contribution in [0.3, 0.4) is 0 Å². The molecule has 0 saturated heterocycles. The number of rotatable bonds is 9. The average Bonchev–Trinajstić information content (AvgIpc) is 3.35. The van der Waals surface area contributed by atoms with Gasteiger partial charge in [-0.3, -0.25) is 9.59 Å². The summed E-state index contributed by atoms with van der Waals surface area (Å²) in [7, 11) is 3.14. The first-order valence-corrected chi connectivity index (χ1v) is 11.8. The fourth-order valence-corrected chi connectivity index (χ4v) is 3.99. The topological polar surface area (TPSA) is 94.5 Å². The van der Waals surface area contributed by atoms with Gasteiger partial charge >= 0.3 is 0 Å². The number of nitrogens with zero attached hydrogens (tertiary/aromatic N) is 2. The molecule has 0 aliphatic carbocycles. The SMILES string of the molecule is COc1ccc(CC(=O)Nc2ccc(Cn3cnc(C(=O)Nc4ccc(C)cc4C)c3)cc2)cc1OC. The summed E-state index contributed by atoms with van der Waals surface area (Å²) in [5.74, 6) is 0.823. The molecule has 0 fully saturated rings. The van der Waals surface area contributed by atoms with Gasteiger partial charge in [0.15, 0.2) is 11.5 Å². The van der Waals surface area contributed by atoms with E-state index in [0.717, 1.165) is 27.9 Å². The van der Waals surface area contributed by atoms with Crippen LogP contribution in [0.2, 0.25) is 0 Å². The molecule has 0 radical (unpaired) electrons. The van der Waals surface area contributed by atoms with Crippen LogP contribution in [-0.4, -0.2) is 35.6 Å². The molecule has 0 saturated carbocycles. The maximum atomic E-state index is 12.6. The van der Waals surface area contributed by atoms with Crippen LogP contribution >= 0.6 is 0 Å². The smallest absolute Gasteiger partial charge is 0.275 e. The number of methoxy groups -OCH3 is 2. The number of anilines is 2. The lowest BCUT2D eigenvalue weighted by atomic mass is 10.1. The summed E-state index contributed by atoms with van der Waals surface area (Å²) >= 11 is 0. The number of ether oxygens (including phenoxy) is 2. The highest BCUT2D eigenvalue weighted by atomic mass is 16.5. The molecule has 0 aliphatic heterocycles. The number of hydrogen-bond acceptors (Lipinski definition) is 5. The van der Waals surface area contributed by atoms with Crippen LogP contribution in [0.15, 0.2) is 73.2 Å². The van der Waals surface area contributed by atoms with Crippen molar-refractivity contribution in [3.05, 3.63) is 101 Å². The molecule has 0 aliphatic rings. The Hall–Kier alpha value is -4.59. The molecular weight excluding hydrogens is 468 g/mol. The second-order valence-corrected chi connectivity index (χ2v) is 8.81. The molecule has 0 unspecified atom stereocenters. The summed E-state index contributed by atoms with van der Waals surface area (Å²) in [6.07, 6.45) is 3.57. The van der Waals surface area contributed by atoms with Crippen LogP contribution in [0.4, 0.5) is 11.4 Å². The second kappa shape index (κ2) is 11.4. The average molecular weight is 499 g/mol. The molecule has 0 bridgehead atoms. The standard InChI is InChI=1S/C29H30N4O4/c1-19-5-11-24(20(2)13-19)32-29(35)25-17-33(18-30-25)16-21-6-9-23(10-7-21)31-28(34)15-22-8-12-26(36-3)27(14-22)37-4/h5-14,17-18H,15-16H2,1-4H3,(H,31,34)(H,32,35). The molecule has 37 heavy (non-hydrogen) atoms. The largest absolute Gasteiger partial charge is 0.493 e. The quantitative estimate of drug-likeness (QED) is 0.339. The number of aryl methyl sites for hydroxylation is 2.